The normalized spacial score (nSPS) is 14.6. The zero-order valence-electron chi connectivity index (χ0n) is 18.9. The molecule has 5 rings (SSSR count). The van der Waals surface area contributed by atoms with Crippen LogP contribution in [0.5, 0.6) is 0 Å². The number of benzene rings is 2. The second-order valence-corrected chi connectivity index (χ2v) is 8.44. The van der Waals surface area contributed by atoms with Crippen molar-refractivity contribution in [3.63, 3.8) is 0 Å². The highest BCUT2D eigenvalue weighted by atomic mass is 19.2. The van der Waals surface area contributed by atoms with Crippen LogP contribution in [-0.2, 0) is 13.1 Å². The lowest BCUT2D eigenvalue weighted by Gasteiger charge is -2.35. The molecule has 3 heterocycles. The van der Waals surface area contributed by atoms with Crippen LogP contribution in [0.3, 0.4) is 0 Å². The van der Waals surface area contributed by atoms with E-state index in [0.717, 1.165) is 29.1 Å². The fraction of sp³-hybridized carbons (Fsp3) is 0.269. The number of piperazine rings is 1. The third kappa shape index (κ3) is 4.28. The third-order valence-electron chi connectivity index (χ3n) is 6.28. The molecule has 6 nitrogen and oxygen atoms in total. The lowest BCUT2D eigenvalue weighted by molar-refractivity contribution is 0.0628. The fourth-order valence-electron chi connectivity index (χ4n) is 4.36. The Hall–Kier alpha value is -3.65. The maximum absolute atomic E-state index is 14.1. The number of fused-ring (bicyclic) bond motifs is 1. The minimum absolute atomic E-state index is 0.0562. The molecule has 0 saturated carbocycles. The maximum atomic E-state index is 14.1. The number of pyridine rings is 1. The first-order valence-electron chi connectivity index (χ1n) is 11.4. The van der Waals surface area contributed by atoms with Crippen molar-refractivity contribution >= 4 is 16.8 Å². The number of hydrogen-bond acceptors (Lipinski definition) is 4. The van der Waals surface area contributed by atoms with E-state index in [4.69, 9.17) is 4.98 Å². The summed E-state index contributed by atoms with van der Waals surface area (Å²) in [6, 6.07) is 13.7. The van der Waals surface area contributed by atoms with E-state index >= 15 is 0 Å². The molecule has 2 aromatic heterocycles. The molecule has 4 aromatic rings. The van der Waals surface area contributed by atoms with E-state index < -0.39 is 11.6 Å². The van der Waals surface area contributed by atoms with Gasteiger partial charge in [-0.2, -0.15) is 5.10 Å². The Kier molecular flexibility index (Phi) is 6.06. The van der Waals surface area contributed by atoms with Gasteiger partial charge in [0.25, 0.3) is 5.91 Å². The smallest absolute Gasteiger partial charge is 0.254 e. The first-order valence-corrected chi connectivity index (χ1v) is 11.4. The van der Waals surface area contributed by atoms with Gasteiger partial charge in [0, 0.05) is 62.0 Å². The molecule has 1 fully saturated rings. The SMILES string of the molecule is CCn1cc(-c2cc(C(=O)N3CCN(Cc4cccc(F)c4F)CC3)c3ccccc3n2)cn1. The summed E-state index contributed by atoms with van der Waals surface area (Å²) in [6.45, 7) is 5.27. The zero-order chi connectivity index (χ0) is 23.7. The molecule has 34 heavy (non-hydrogen) atoms. The van der Waals surface area contributed by atoms with Crippen LogP contribution in [-0.4, -0.2) is 56.7 Å². The number of halogens is 2. The molecule has 0 bridgehead atoms. The summed E-state index contributed by atoms with van der Waals surface area (Å²) in [5, 5.41) is 5.14. The summed E-state index contributed by atoms with van der Waals surface area (Å²) in [7, 11) is 0. The number of rotatable bonds is 5. The number of amides is 1. The van der Waals surface area contributed by atoms with Crippen LogP contribution in [0.1, 0.15) is 22.8 Å². The fourth-order valence-corrected chi connectivity index (χ4v) is 4.36. The quantitative estimate of drug-likeness (QED) is 0.443. The van der Waals surface area contributed by atoms with Crippen molar-refractivity contribution in [2.45, 2.75) is 20.0 Å². The van der Waals surface area contributed by atoms with Gasteiger partial charge in [-0.1, -0.05) is 30.3 Å². The lowest BCUT2D eigenvalue weighted by Crippen LogP contribution is -2.48. The molecule has 0 spiro atoms. The molecule has 1 amide bonds. The maximum Gasteiger partial charge on any atom is 0.254 e. The van der Waals surface area contributed by atoms with E-state index in [2.05, 4.69) is 5.10 Å². The number of hydrogen-bond donors (Lipinski definition) is 0. The van der Waals surface area contributed by atoms with E-state index in [1.54, 1.807) is 12.3 Å². The Balaban J connectivity index is 1.37. The zero-order valence-corrected chi connectivity index (χ0v) is 18.9. The number of nitrogens with zero attached hydrogens (tertiary/aromatic N) is 5. The van der Waals surface area contributed by atoms with E-state index in [0.29, 0.717) is 49.5 Å². The molecule has 0 radical (unpaired) electrons. The van der Waals surface area contributed by atoms with Crippen molar-refractivity contribution in [3.8, 4) is 11.3 Å². The summed E-state index contributed by atoms with van der Waals surface area (Å²) in [5.74, 6) is -1.70. The summed E-state index contributed by atoms with van der Waals surface area (Å²) < 4.78 is 29.4. The van der Waals surface area contributed by atoms with Crippen LogP contribution in [0.2, 0.25) is 0 Å². The van der Waals surface area contributed by atoms with Crippen molar-refractivity contribution in [1.29, 1.82) is 0 Å². The van der Waals surface area contributed by atoms with Crippen LogP contribution < -0.4 is 0 Å². The van der Waals surface area contributed by atoms with Crippen molar-refractivity contribution in [3.05, 3.63) is 83.7 Å². The third-order valence-corrected chi connectivity index (χ3v) is 6.28. The van der Waals surface area contributed by atoms with Crippen LogP contribution in [0, 0.1) is 11.6 Å². The minimum atomic E-state index is -0.837. The highest BCUT2D eigenvalue weighted by Gasteiger charge is 2.25. The number of carbonyl (C=O) groups excluding carboxylic acids is 1. The molecule has 0 atom stereocenters. The number of aryl methyl sites for hydroxylation is 1. The van der Waals surface area contributed by atoms with Gasteiger partial charge in [0.2, 0.25) is 0 Å². The number of para-hydroxylation sites is 1. The van der Waals surface area contributed by atoms with Gasteiger partial charge in [-0.05, 0) is 25.1 Å². The Morgan fingerprint density at radius 2 is 1.82 bits per heavy atom. The lowest BCUT2D eigenvalue weighted by atomic mass is 10.0. The molecular formula is C26H25F2N5O. The molecule has 1 saturated heterocycles. The van der Waals surface area contributed by atoms with Gasteiger partial charge in [0.15, 0.2) is 11.6 Å². The van der Waals surface area contributed by atoms with Crippen LogP contribution >= 0.6 is 0 Å². The standard InChI is InChI=1S/C26H25F2N5O/c1-2-33-17-19(15-29-33)24-14-21(20-7-3-4-9-23(20)30-24)26(34)32-12-10-31(11-13-32)16-18-6-5-8-22(27)25(18)28/h3-9,14-15,17H,2,10-13,16H2,1H3. The topological polar surface area (TPSA) is 54.3 Å². The van der Waals surface area contributed by atoms with Crippen LogP contribution in [0.4, 0.5) is 8.78 Å². The Bertz CT molecular complexity index is 1340. The first kappa shape index (κ1) is 22.2. The second kappa shape index (κ2) is 9.30. The van der Waals surface area contributed by atoms with Crippen LogP contribution in [0.25, 0.3) is 22.2 Å². The van der Waals surface area contributed by atoms with Gasteiger partial charge < -0.3 is 4.90 Å². The van der Waals surface area contributed by atoms with Gasteiger partial charge in [-0.3, -0.25) is 14.4 Å². The average Bonchev–Trinajstić information content (AvgIpc) is 3.36. The van der Waals surface area contributed by atoms with E-state index in [9.17, 15) is 13.6 Å². The van der Waals surface area contributed by atoms with Gasteiger partial charge in [0.1, 0.15) is 0 Å². The Morgan fingerprint density at radius 1 is 1.03 bits per heavy atom. The van der Waals surface area contributed by atoms with Crippen molar-refractivity contribution in [2.24, 2.45) is 0 Å². The summed E-state index contributed by atoms with van der Waals surface area (Å²) >= 11 is 0. The summed E-state index contributed by atoms with van der Waals surface area (Å²) in [4.78, 5) is 22.2. The molecule has 8 heteroatoms. The molecule has 1 aliphatic rings. The molecule has 0 aliphatic carbocycles. The predicted octanol–water partition coefficient (Wildman–Crippen LogP) is 4.35. The predicted molar refractivity (Wildman–Crippen MR) is 126 cm³/mol. The van der Waals surface area contributed by atoms with Gasteiger partial charge in [0.05, 0.1) is 23.0 Å². The van der Waals surface area contributed by atoms with Gasteiger partial charge >= 0.3 is 0 Å². The average molecular weight is 462 g/mol. The molecule has 0 N–H and O–H groups in total. The largest absolute Gasteiger partial charge is 0.336 e. The van der Waals surface area contributed by atoms with Crippen LogP contribution in [0.15, 0.2) is 60.9 Å². The number of carbonyl (C=O) groups is 1. The molecular weight excluding hydrogens is 436 g/mol. The Labute approximate surface area is 196 Å². The van der Waals surface area contributed by atoms with Crippen molar-refractivity contribution in [1.82, 2.24) is 24.6 Å². The molecule has 0 unspecified atom stereocenters. The molecule has 174 valence electrons. The van der Waals surface area contributed by atoms with E-state index in [-0.39, 0.29) is 5.91 Å². The molecule has 2 aromatic carbocycles. The highest BCUT2D eigenvalue weighted by molar-refractivity contribution is 6.07. The Morgan fingerprint density at radius 3 is 2.59 bits per heavy atom. The van der Waals surface area contributed by atoms with Crippen molar-refractivity contribution < 1.29 is 13.6 Å². The van der Waals surface area contributed by atoms with Gasteiger partial charge in [-0.15, -0.1) is 0 Å². The highest BCUT2D eigenvalue weighted by Crippen LogP contribution is 2.26. The van der Waals surface area contributed by atoms with E-state index in [1.165, 1.54) is 6.07 Å². The first-order chi connectivity index (χ1) is 16.5. The second-order valence-electron chi connectivity index (χ2n) is 8.44. The number of aromatic nitrogens is 3. The summed E-state index contributed by atoms with van der Waals surface area (Å²) in [6.07, 6.45) is 3.69. The van der Waals surface area contributed by atoms with Crippen molar-refractivity contribution in [2.75, 3.05) is 26.2 Å². The molecule has 1 aliphatic heterocycles. The summed E-state index contributed by atoms with van der Waals surface area (Å²) in [5.41, 5.74) is 3.27. The van der Waals surface area contributed by atoms with E-state index in [1.807, 2.05) is 57.9 Å². The minimum Gasteiger partial charge on any atom is -0.336 e. The monoisotopic (exact) mass is 461 g/mol. The van der Waals surface area contributed by atoms with Gasteiger partial charge in [-0.25, -0.2) is 13.8 Å².